The number of benzene rings is 1. The van der Waals surface area contributed by atoms with Crippen LogP contribution in [-0.4, -0.2) is 18.4 Å². The molecule has 0 fully saturated rings. The van der Waals surface area contributed by atoms with E-state index >= 15 is 0 Å². The highest BCUT2D eigenvalue weighted by Crippen LogP contribution is 2.27. The molecule has 0 saturated carbocycles. The lowest BCUT2D eigenvalue weighted by atomic mass is 9.80. The van der Waals surface area contributed by atoms with E-state index in [0.29, 0.717) is 25.9 Å². The van der Waals surface area contributed by atoms with E-state index in [0.717, 1.165) is 5.56 Å². The van der Waals surface area contributed by atoms with Crippen molar-refractivity contribution in [3.8, 4) is 0 Å². The third-order valence-corrected chi connectivity index (χ3v) is 3.71. The third-order valence-electron chi connectivity index (χ3n) is 3.71. The van der Waals surface area contributed by atoms with Crippen molar-refractivity contribution in [3.63, 3.8) is 0 Å². The quantitative estimate of drug-likeness (QED) is 0.750. The van der Waals surface area contributed by atoms with Crippen molar-refractivity contribution in [2.45, 2.75) is 40.2 Å². The maximum atomic E-state index is 12.4. The Kier molecular flexibility index (Phi) is 6.22. The second-order valence-electron chi connectivity index (χ2n) is 4.82. The number of hydrogen-bond acceptors (Lipinski definition) is 2. The van der Waals surface area contributed by atoms with Gasteiger partial charge in [-0.2, -0.15) is 0 Å². The van der Waals surface area contributed by atoms with Gasteiger partial charge in [-0.05, 0) is 25.3 Å². The number of carbonyl (C=O) groups is 2. The molecule has 0 bridgehead atoms. The van der Waals surface area contributed by atoms with Crippen LogP contribution in [0.4, 0.5) is 0 Å². The second kappa shape index (κ2) is 7.68. The molecule has 0 aliphatic carbocycles. The summed E-state index contributed by atoms with van der Waals surface area (Å²) in [5.41, 5.74) is 0.0583. The zero-order valence-corrected chi connectivity index (χ0v) is 12.5. The molecule has 0 aliphatic heterocycles. The minimum Gasteiger partial charge on any atom is -0.355 e. The van der Waals surface area contributed by atoms with Crippen LogP contribution in [0, 0.1) is 5.41 Å². The number of carbonyl (C=O) groups excluding carboxylic acids is 2. The summed E-state index contributed by atoms with van der Waals surface area (Å²) in [4.78, 5) is 24.7. The average Bonchev–Trinajstić information content (AvgIpc) is 2.48. The largest absolute Gasteiger partial charge is 0.355 e. The van der Waals surface area contributed by atoms with Gasteiger partial charge in [0.15, 0.2) is 0 Å². The molecule has 1 aromatic carbocycles. The standard InChI is InChI=1S/C16H24N2O2/c1-4-16(5-2,14(19)17-6-3)15(20)18-12-13-10-8-7-9-11-13/h7-11H,4-6,12H2,1-3H3,(H,17,19)(H,18,20). The zero-order valence-electron chi connectivity index (χ0n) is 12.5. The topological polar surface area (TPSA) is 58.2 Å². The molecule has 2 amide bonds. The van der Waals surface area contributed by atoms with Crippen LogP contribution in [0.2, 0.25) is 0 Å². The van der Waals surface area contributed by atoms with Crippen LogP contribution < -0.4 is 10.6 Å². The van der Waals surface area contributed by atoms with Crippen molar-refractivity contribution < 1.29 is 9.59 Å². The smallest absolute Gasteiger partial charge is 0.235 e. The summed E-state index contributed by atoms with van der Waals surface area (Å²) in [6, 6.07) is 9.69. The number of nitrogens with one attached hydrogen (secondary N) is 2. The summed E-state index contributed by atoms with van der Waals surface area (Å²) < 4.78 is 0. The van der Waals surface area contributed by atoms with Crippen molar-refractivity contribution in [3.05, 3.63) is 35.9 Å². The van der Waals surface area contributed by atoms with Crippen molar-refractivity contribution in [2.24, 2.45) is 5.41 Å². The summed E-state index contributed by atoms with van der Waals surface area (Å²) in [5, 5.41) is 5.65. The van der Waals surface area contributed by atoms with E-state index in [-0.39, 0.29) is 11.8 Å². The fourth-order valence-electron chi connectivity index (χ4n) is 2.27. The van der Waals surface area contributed by atoms with Gasteiger partial charge in [0.2, 0.25) is 11.8 Å². The Morgan fingerprint density at radius 2 is 1.50 bits per heavy atom. The highest BCUT2D eigenvalue weighted by molar-refractivity contribution is 6.04. The zero-order chi connectivity index (χ0) is 15.0. The van der Waals surface area contributed by atoms with Crippen molar-refractivity contribution in [1.29, 1.82) is 0 Å². The van der Waals surface area contributed by atoms with Crippen LogP contribution in [0.25, 0.3) is 0 Å². The molecule has 2 N–H and O–H groups in total. The summed E-state index contributed by atoms with van der Waals surface area (Å²) in [6.07, 6.45) is 0.992. The molecule has 1 aromatic rings. The van der Waals surface area contributed by atoms with Gasteiger partial charge in [-0.25, -0.2) is 0 Å². The number of rotatable bonds is 7. The van der Waals surface area contributed by atoms with Crippen LogP contribution in [0.5, 0.6) is 0 Å². The molecule has 0 heterocycles. The number of amides is 2. The monoisotopic (exact) mass is 276 g/mol. The maximum absolute atomic E-state index is 12.4. The third kappa shape index (κ3) is 3.59. The predicted octanol–water partition coefficient (Wildman–Crippen LogP) is 2.25. The Bertz CT molecular complexity index is 439. The van der Waals surface area contributed by atoms with E-state index in [4.69, 9.17) is 0 Å². The first kappa shape index (κ1) is 16.2. The normalized spacial score (nSPS) is 10.9. The second-order valence-corrected chi connectivity index (χ2v) is 4.82. The fraction of sp³-hybridized carbons (Fsp3) is 0.500. The molecule has 0 saturated heterocycles. The molecule has 0 radical (unpaired) electrons. The molecule has 20 heavy (non-hydrogen) atoms. The van der Waals surface area contributed by atoms with E-state index in [9.17, 15) is 9.59 Å². The van der Waals surface area contributed by atoms with E-state index in [1.807, 2.05) is 51.1 Å². The first-order chi connectivity index (χ1) is 9.60. The van der Waals surface area contributed by atoms with Crippen LogP contribution >= 0.6 is 0 Å². The molecule has 0 aromatic heterocycles. The Labute approximate surface area is 121 Å². The van der Waals surface area contributed by atoms with Gasteiger partial charge >= 0.3 is 0 Å². The van der Waals surface area contributed by atoms with E-state index in [1.54, 1.807) is 0 Å². The molecule has 0 unspecified atom stereocenters. The fourth-order valence-corrected chi connectivity index (χ4v) is 2.27. The first-order valence-electron chi connectivity index (χ1n) is 7.21. The van der Waals surface area contributed by atoms with Gasteiger partial charge in [-0.3, -0.25) is 9.59 Å². The van der Waals surface area contributed by atoms with Gasteiger partial charge in [-0.1, -0.05) is 44.2 Å². The van der Waals surface area contributed by atoms with Crippen LogP contribution in [-0.2, 0) is 16.1 Å². The Morgan fingerprint density at radius 1 is 0.950 bits per heavy atom. The van der Waals surface area contributed by atoms with Gasteiger partial charge < -0.3 is 10.6 Å². The van der Waals surface area contributed by atoms with Crippen molar-refractivity contribution in [2.75, 3.05) is 6.54 Å². The lowest BCUT2D eigenvalue weighted by Gasteiger charge is -2.28. The molecule has 0 spiro atoms. The summed E-state index contributed by atoms with van der Waals surface area (Å²) in [5.74, 6) is -0.382. The minimum atomic E-state index is -0.967. The van der Waals surface area contributed by atoms with E-state index in [2.05, 4.69) is 10.6 Å². The lowest BCUT2D eigenvalue weighted by molar-refractivity contribution is -0.144. The molecule has 4 heteroatoms. The molecule has 1 rings (SSSR count). The maximum Gasteiger partial charge on any atom is 0.235 e. The predicted molar refractivity (Wildman–Crippen MR) is 80.0 cm³/mol. The van der Waals surface area contributed by atoms with Crippen LogP contribution in [0.1, 0.15) is 39.2 Å². The lowest BCUT2D eigenvalue weighted by Crippen LogP contribution is -2.50. The SMILES string of the molecule is CCNC(=O)C(CC)(CC)C(=O)NCc1ccccc1. The average molecular weight is 276 g/mol. The van der Waals surface area contributed by atoms with Crippen molar-refractivity contribution >= 4 is 11.8 Å². The van der Waals surface area contributed by atoms with E-state index < -0.39 is 5.41 Å². The van der Waals surface area contributed by atoms with Gasteiger partial charge in [0, 0.05) is 13.1 Å². The number of hydrogen-bond donors (Lipinski definition) is 2. The molecule has 110 valence electrons. The van der Waals surface area contributed by atoms with Gasteiger partial charge in [0.1, 0.15) is 5.41 Å². The van der Waals surface area contributed by atoms with E-state index in [1.165, 1.54) is 0 Å². The highest BCUT2D eigenvalue weighted by Gasteiger charge is 2.42. The van der Waals surface area contributed by atoms with Gasteiger partial charge in [0.25, 0.3) is 0 Å². The molecular formula is C16H24N2O2. The van der Waals surface area contributed by atoms with Gasteiger partial charge in [-0.15, -0.1) is 0 Å². The summed E-state index contributed by atoms with van der Waals surface area (Å²) in [7, 11) is 0. The molecule has 0 aliphatic rings. The van der Waals surface area contributed by atoms with Crippen molar-refractivity contribution in [1.82, 2.24) is 10.6 Å². The van der Waals surface area contributed by atoms with Gasteiger partial charge in [0.05, 0.1) is 0 Å². The molecular weight excluding hydrogens is 252 g/mol. The summed E-state index contributed by atoms with van der Waals surface area (Å²) in [6.45, 7) is 6.59. The van der Waals surface area contributed by atoms with Crippen LogP contribution in [0.3, 0.4) is 0 Å². The first-order valence-corrected chi connectivity index (χ1v) is 7.21. The minimum absolute atomic E-state index is 0.185. The summed E-state index contributed by atoms with van der Waals surface area (Å²) >= 11 is 0. The molecule has 0 atom stereocenters. The molecule has 4 nitrogen and oxygen atoms in total. The Balaban J connectivity index is 2.76. The highest BCUT2D eigenvalue weighted by atomic mass is 16.2. The Hall–Kier alpha value is -1.84. The Morgan fingerprint density at radius 3 is 2.00 bits per heavy atom. The van der Waals surface area contributed by atoms with Crippen LogP contribution in [0.15, 0.2) is 30.3 Å².